The van der Waals surface area contributed by atoms with E-state index in [9.17, 15) is 17.6 Å². The van der Waals surface area contributed by atoms with Gasteiger partial charge in [0.05, 0.1) is 10.1 Å². The Morgan fingerprint density at radius 1 is 1.39 bits per heavy atom. The average molecular weight is 365 g/mol. The largest absolute Gasteiger partial charge is 0.338 e. The van der Waals surface area contributed by atoms with Crippen LogP contribution >= 0.6 is 12.4 Å². The number of carbonyl (C=O) groups excluding carboxylic acids is 1. The van der Waals surface area contributed by atoms with E-state index in [2.05, 4.69) is 0 Å². The number of amides is 1. The first-order valence-corrected chi connectivity index (χ1v) is 8.90. The Kier molecular flexibility index (Phi) is 6.98. The molecule has 1 aromatic carbocycles. The van der Waals surface area contributed by atoms with Crippen LogP contribution in [0, 0.1) is 5.82 Å². The van der Waals surface area contributed by atoms with E-state index >= 15 is 0 Å². The van der Waals surface area contributed by atoms with E-state index in [1.165, 1.54) is 19.1 Å². The number of hydrogen-bond donors (Lipinski definition) is 1. The number of nitrogens with zero attached hydrogens (tertiary/aromatic N) is 1. The van der Waals surface area contributed by atoms with Crippen molar-refractivity contribution in [2.75, 3.05) is 13.1 Å². The molecule has 1 heterocycles. The lowest BCUT2D eigenvalue weighted by Gasteiger charge is -2.25. The third kappa shape index (κ3) is 4.43. The molecular formula is C15H22ClFN2O3S. The first kappa shape index (κ1) is 19.9. The van der Waals surface area contributed by atoms with Crippen LogP contribution in [0.3, 0.4) is 0 Å². The molecule has 2 unspecified atom stereocenters. The second-order valence-corrected chi connectivity index (χ2v) is 8.00. The lowest BCUT2D eigenvalue weighted by Crippen LogP contribution is -2.41. The fourth-order valence-corrected chi connectivity index (χ4v) is 4.08. The number of sulfone groups is 1. The van der Waals surface area contributed by atoms with E-state index in [4.69, 9.17) is 5.73 Å². The van der Waals surface area contributed by atoms with Gasteiger partial charge in [0.1, 0.15) is 5.82 Å². The molecule has 1 fully saturated rings. The molecule has 2 N–H and O–H groups in total. The van der Waals surface area contributed by atoms with Gasteiger partial charge in [-0.2, -0.15) is 0 Å². The van der Waals surface area contributed by atoms with Crippen LogP contribution in [0.5, 0.6) is 0 Å². The van der Waals surface area contributed by atoms with Crippen LogP contribution in [-0.4, -0.2) is 43.6 Å². The maximum absolute atomic E-state index is 12.9. The van der Waals surface area contributed by atoms with Crippen molar-refractivity contribution in [3.8, 4) is 0 Å². The minimum Gasteiger partial charge on any atom is -0.338 e. The van der Waals surface area contributed by atoms with Crippen molar-refractivity contribution in [2.24, 2.45) is 5.73 Å². The van der Waals surface area contributed by atoms with Crippen LogP contribution in [0.25, 0.3) is 0 Å². The molecule has 8 heteroatoms. The van der Waals surface area contributed by atoms with Crippen LogP contribution in [0.2, 0.25) is 0 Å². The highest BCUT2D eigenvalue weighted by atomic mass is 35.5. The van der Waals surface area contributed by atoms with E-state index in [1.54, 1.807) is 4.90 Å². The minimum absolute atomic E-state index is 0. The SMILES string of the molecule is CC(CC(=O)N1CCCC1CN)S(=O)(=O)c1ccc(F)cc1.Cl. The molecule has 5 nitrogen and oxygen atoms in total. The third-order valence-corrected chi connectivity index (χ3v) is 6.26. The molecule has 0 spiro atoms. The van der Waals surface area contributed by atoms with Crippen molar-refractivity contribution in [1.29, 1.82) is 0 Å². The van der Waals surface area contributed by atoms with Gasteiger partial charge >= 0.3 is 0 Å². The number of carbonyl (C=O) groups is 1. The number of likely N-dealkylation sites (tertiary alicyclic amines) is 1. The van der Waals surface area contributed by atoms with Gasteiger partial charge in [-0.25, -0.2) is 12.8 Å². The molecule has 0 radical (unpaired) electrons. The Labute approximate surface area is 142 Å². The Morgan fingerprint density at radius 3 is 2.57 bits per heavy atom. The molecular weight excluding hydrogens is 343 g/mol. The van der Waals surface area contributed by atoms with Crippen molar-refractivity contribution in [3.05, 3.63) is 30.1 Å². The topological polar surface area (TPSA) is 80.5 Å². The lowest BCUT2D eigenvalue weighted by atomic mass is 10.2. The predicted octanol–water partition coefficient (Wildman–Crippen LogP) is 1.75. The summed E-state index contributed by atoms with van der Waals surface area (Å²) >= 11 is 0. The van der Waals surface area contributed by atoms with E-state index in [0.29, 0.717) is 13.1 Å². The minimum atomic E-state index is -3.65. The Balaban J connectivity index is 0.00000264. The highest BCUT2D eigenvalue weighted by Gasteiger charge is 2.32. The van der Waals surface area contributed by atoms with Gasteiger partial charge in [0, 0.05) is 25.6 Å². The Bertz CT molecular complexity index is 637. The number of hydrogen-bond acceptors (Lipinski definition) is 4. The summed E-state index contributed by atoms with van der Waals surface area (Å²) in [5.74, 6) is -0.684. The molecule has 1 amide bonds. The van der Waals surface area contributed by atoms with Crippen LogP contribution in [0.15, 0.2) is 29.2 Å². The quantitative estimate of drug-likeness (QED) is 0.807. The smallest absolute Gasteiger partial charge is 0.224 e. The molecule has 0 aromatic heterocycles. The highest BCUT2D eigenvalue weighted by Crippen LogP contribution is 2.22. The summed E-state index contributed by atoms with van der Waals surface area (Å²) in [4.78, 5) is 14.0. The van der Waals surface area contributed by atoms with Gasteiger partial charge in [-0.3, -0.25) is 4.79 Å². The molecule has 0 aliphatic carbocycles. The maximum atomic E-state index is 12.9. The number of nitrogens with two attached hydrogens (primary N) is 1. The molecule has 1 aromatic rings. The maximum Gasteiger partial charge on any atom is 0.224 e. The lowest BCUT2D eigenvalue weighted by molar-refractivity contribution is -0.131. The van der Waals surface area contributed by atoms with Gasteiger partial charge in [0.25, 0.3) is 0 Å². The molecule has 0 bridgehead atoms. The summed E-state index contributed by atoms with van der Waals surface area (Å²) in [5.41, 5.74) is 5.64. The number of halogens is 2. The molecule has 1 aliphatic rings. The molecule has 130 valence electrons. The van der Waals surface area contributed by atoms with Crippen molar-refractivity contribution in [2.45, 2.75) is 42.4 Å². The molecule has 0 saturated carbocycles. The fourth-order valence-electron chi connectivity index (χ4n) is 2.74. The second-order valence-electron chi connectivity index (χ2n) is 5.63. The summed E-state index contributed by atoms with van der Waals surface area (Å²) in [6, 6.07) is 4.67. The van der Waals surface area contributed by atoms with Crippen molar-refractivity contribution < 1.29 is 17.6 Å². The van der Waals surface area contributed by atoms with Crippen molar-refractivity contribution >= 4 is 28.2 Å². The first-order chi connectivity index (χ1) is 10.4. The zero-order valence-corrected chi connectivity index (χ0v) is 14.6. The van der Waals surface area contributed by atoms with Crippen LogP contribution < -0.4 is 5.73 Å². The standard InChI is InChI=1S/C15H21FN2O3S.ClH/c1-11(9-15(19)18-8-2-3-13(18)10-17)22(20,21)14-6-4-12(16)5-7-14;/h4-7,11,13H,2-3,8-10,17H2,1H3;1H. The summed E-state index contributed by atoms with van der Waals surface area (Å²) in [7, 11) is -3.65. The first-order valence-electron chi connectivity index (χ1n) is 7.35. The van der Waals surface area contributed by atoms with E-state index < -0.39 is 20.9 Å². The predicted molar refractivity (Wildman–Crippen MR) is 88.7 cm³/mol. The van der Waals surface area contributed by atoms with Crippen molar-refractivity contribution in [3.63, 3.8) is 0 Å². The fraction of sp³-hybridized carbons (Fsp3) is 0.533. The monoisotopic (exact) mass is 364 g/mol. The van der Waals surface area contributed by atoms with Gasteiger partial charge in [-0.1, -0.05) is 0 Å². The molecule has 2 atom stereocenters. The summed E-state index contributed by atoms with van der Waals surface area (Å²) in [5, 5.41) is -0.857. The zero-order valence-electron chi connectivity index (χ0n) is 12.9. The molecule has 23 heavy (non-hydrogen) atoms. The van der Waals surface area contributed by atoms with Gasteiger partial charge < -0.3 is 10.6 Å². The zero-order chi connectivity index (χ0) is 16.3. The molecule has 2 rings (SSSR count). The van der Waals surface area contributed by atoms with Crippen LogP contribution in [-0.2, 0) is 14.6 Å². The highest BCUT2D eigenvalue weighted by molar-refractivity contribution is 7.92. The summed E-state index contributed by atoms with van der Waals surface area (Å²) in [6.45, 7) is 2.53. The van der Waals surface area contributed by atoms with Crippen molar-refractivity contribution in [1.82, 2.24) is 4.90 Å². The van der Waals surface area contributed by atoms with Crippen LogP contribution in [0.1, 0.15) is 26.2 Å². The van der Waals surface area contributed by atoms with E-state index in [-0.39, 0.29) is 35.7 Å². The second kappa shape index (κ2) is 8.08. The summed E-state index contributed by atoms with van der Waals surface area (Å²) < 4.78 is 37.8. The van der Waals surface area contributed by atoms with Gasteiger partial charge in [0.15, 0.2) is 9.84 Å². The van der Waals surface area contributed by atoms with Gasteiger partial charge in [-0.15, -0.1) is 12.4 Å². The molecule has 1 saturated heterocycles. The van der Waals surface area contributed by atoms with E-state index in [1.807, 2.05) is 0 Å². The molecule has 1 aliphatic heterocycles. The third-order valence-electron chi connectivity index (χ3n) is 4.10. The van der Waals surface area contributed by atoms with Crippen LogP contribution in [0.4, 0.5) is 4.39 Å². The van der Waals surface area contributed by atoms with E-state index in [0.717, 1.165) is 25.0 Å². The Hall–Kier alpha value is -1.18. The number of benzene rings is 1. The van der Waals surface area contributed by atoms with Gasteiger partial charge in [0.2, 0.25) is 5.91 Å². The normalized spacial score (nSPS) is 19.3. The average Bonchev–Trinajstić information content (AvgIpc) is 2.96. The Morgan fingerprint density at radius 2 is 2.00 bits per heavy atom. The number of rotatable bonds is 5. The van der Waals surface area contributed by atoms with Gasteiger partial charge in [-0.05, 0) is 44.0 Å². The summed E-state index contributed by atoms with van der Waals surface area (Å²) in [6.07, 6.45) is 1.67.